The van der Waals surface area contributed by atoms with Crippen LogP contribution >= 0.6 is 0 Å². The van der Waals surface area contributed by atoms with Crippen LogP contribution in [0.25, 0.3) is 0 Å². The Morgan fingerprint density at radius 2 is 1.85 bits per heavy atom. The molecule has 1 saturated carbocycles. The van der Waals surface area contributed by atoms with Crippen molar-refractivity contribution in [2.24, 2.45) is 17.8 Å². The molecule has 1 aromatic carbocycles. The first-order chi connectivity index (χ1) is 9.72. The molecule has 1 aromatic rings. The first-order valence-electron chi connectivity index (χ1n) is 7.94. The number of anilines is 1. The molecular weight excluding hydrogens is 242 g/mol. The molecule has 0 spiro atoms. The molecule has 0 radical (unpaired) electrons. The van der Waals surface area contributed by atoms with Crippen LogP contribution in [0.15, 0.2) is 42.5 Å². The Balaban J connectivity index is 1.87. The number of rotatable bonds is 1. The van der Waals surface area contributed by atoms with Crippen LogP contribution in [0.1, 0.15) is 30.9 Å². The molecule has 0 N–H and O–H groups in total. The van der Waals surface area contributed by atoms with Crippen LogP contribution in [0.2, 0.25) is 0 Å². The molecule has 1 heteroatoms. The Kier molecular flexibility index (Phi) is 2.60. The van der Waals surface area contributed by atoms with Crippen LogP contribution in [-0.2, 0) is 0 Å². The molecule has 1 heterocycles. The van der Waals surface area contributed by atoms with E-state index in [-0.39, 0.29) is 0 Å². The zero-order valence-corrected chi connectivity index (χ0v) is 12.6. The van der Waals surface area contributed by atoms with E-state index in [2.05, 4.69) is 68.2 Å². The van der Waals surface area contributed by atoms with Gasteiger partial charge in [-0.2, -0.15) is 0 Å². The number of hydrogen-bond donors (Lipinski definition) is 0. The molecule has 0 saturated heterocycles. The van der Waals surface area contributed by atoms with E-state index in [1.807, 2.05) is 0 Å². The summed E-state index contributed by atoms with van der Waals surface area (Å²) in [5.74, 6) is 2.85. The first-order valence-corrected chi connectivity index (χ1v) is 7.94. The van der Waals surface area contributed by atoms with Crippen molar-refractivity contribution in [1.82, 2.24) is 0 Å². The predicted molar refractivity (Wildman–Crippen MR) is 85.2 cm³/mol. The van der Waals surface area contributed by atoms with E-state index in [4.69, 9.17) is 0 Å². The minimum absolute atomic E-state index is 0.665. The molecule has 5 unspecified atom stereocenters. The van der Waals surface area contributed by atoms with Crippen molar-refractivity contribution >= 4 is 5.69 Å². The van der Waals surface area contributed by atoms with Crippen molar-refractivity contribution in [1.29, 1.82) is 0 Å². The summed E-state index contributed by atoms with van der Waals surface area (Å²) in [5, 5.41) is 0. The lowest BCUT2D eigenvalue weighted by atomic mass is 9.83. The third kappa shape index (κ3) is 1.44. The molecular formula is C19H23N. The van der Waals surface area contributed by atoms with E-state index in [9.17, 15) is 0 Å². The lowest BCUT2D eigenvalue weighted by molar-refractivity contribution is 0.428. The quantitative estimate of drug-likeness (QED) is 0.732. The van der Waals surface area contributed by atoms with Gasteiger partial charge < -0.3 is 4.90 Å². The summed E-state index contributed by atoms with van der Waals surface area (Å²) in [7, 11) is 0. The Labute approximate surface area is 122 Å². The highest BCUT2D eigenvalue weighted by Gasteiger charge is 2.53. The SMILES string of the molecule is CCN1c2ccc(C)cc2C2C(C)C3C=CC=CC3C21. The highest BCUT2D eigenvalue weighted by Crippen LogP contribution is 2.57. The topological polar surface area (TPSA) is 3.24 Å². The van der Waals surface area contributed by atoms with Gasteiger partial charge in [0.1, 0.15) is 0 Å². The maximum atomic E-state index is 2.66. The van der Waals surface area contributed by atoms with E-state index in [0.717, 1.165) is 18.4 Å². The normalized spacial score (nSPS) is 37.0. The largest absolute Gasteiger partial charge is 0.367 e. The average molecular weight is 265 g/mol. The fourth-order valence-electron chi connectivity index (χ4n) is 4.91. The van der Waals surface area contributed by atoms with E-state index >= 15 is 0 Å². The summed E-state index contributed by atoms with van der Waals surface area (Å²) in [6.07, 6.45) is 9.38. The minimum atomic E-state index is 0.665. The summed E-state index contributed by atoms with van der Waals surface area (Å²) in [5.41, 5.74) is 4.48. The fourth-order valence-corrected chi connectivity index (χ4v) is 4.91. The van der Waals surface area contributed by atoms with Gasteiger partial charge in [-0.05, 0) is 37.3 Å². The van der Waals surface area contributed by atoms with Crippen LogP contribution in [0.3, 0.4) is 0 Å². The lowest BCUT2D eigenvalue weighted by Crippen LogP contribution is -2.37. The third-order valence-corrected chi connectivity index (χ3v) is 5.71. The van der Waals surface area contributed by atoms with Gasteiger partial charge in [0.15, 0.2) is 0 Å². The highest BCUT2D eigenvalue weighted by atomic mass is 15.2. The Morgan fingerprint density at radius 1 is 1.10 bits per heavy atom. The van der Waals surface area contributed by atoms with Crippen LogP contribution in [0, 0.1) is 24.7 Å². The van der Waals surface area contributed by atoms with Crippen molar-refractivity contribution in [2.75, 3.05) is 11.4 Å². The second-order valence-electron chi connectivity index (χ2n) is 6.65. The van der Waals surface area contributed by atoms with Gasteiger partial charge in [0.05, 0.1) is 0 Å². The molecule has 1 fully saturated rings. The van der Waals surface area contributed by atoms with Gasteiger partial charge in [0.25, 0.3) is 0 Å². The van der Waals surface area contributed by atoms with Gasteiger partial charge in [-0.1, -0.05) is 48.9 Å². The molecule has 2 aliphatic carbocycles. The summed E-state index contributed by atoms with van der Waals surface area (Å²) < 4.78 is 0. The lowest BCUT2D eigenvalue weighted by Gasteiger charge is -2.31. The molecule has 4 rings (SSSR count). The first kappa shape index (κ1) is 12.3. The van der Waals surface area contributed by atoms with Crippen molar-refractivity contribution in [3.05, 3.63) is 53.6 Å². The highest BCUT2D eigenvalue weighted by molar-refractivity contribution is 5.64. The Bertz CT molecular complexity index is 598. The van der Waals surface area contributed by atoms with Crippen molar-refractivity contribution in [3.8, 4) is 0 Å². The maximum Gasteiger partial charge on any atom is 0.0430 e. The smallest absolute Gasteiger partial charge is 0.0430 e. The number of nitrogens with zero attached hydrogens (tertiary/aromatic N) is 1. The number of aryl methyl sites for hydroxylation is 1. The molecule has 104 valence electrons. The molecule has 1 nitrogen and oxygen atoms in total. The standard InChI is InChI=1S/C19H23N/c1-4-20-17-10-9-12(2)11-16(17)18-13(3)14-7-5-6-8-15(14)19(18)20/h5-11,13-15,18-19H,4H2,1-3H3. The summed E-state index contributed by atoms with van der Waals surface area (Å²) >= 11 is 0. The van der Waals surface area contributed by atoms with E-state index in [0.29, 0.717) is 17.9 Å². The van der Waals surface area contributed by atoms with E-state index < -0.39 is 0 Å². The van der Waals surface area contributed by atoms with Crippen molar-refractivity contribution in [2.45, 2.75) is 32.7 Å². The Morgan fingerprint density at radius 3 is 2.60 bits per heavy atom. The molecule has 0 amide bonds. The monoisotopic (exact) mass is 265 g/mol. The van der Waals surface area contributed by atoms with Crippen LogP contribution in [0.5, 0.6) is 0 Å². The summed E-state index contributed by atoms with van der Waals surface area (Å²) in [6.45, 7) is 8.09. The van der Waals surface area contributed by atoms with Crippen molar-refractivity contribution < 1.29 is 0 Å². The van der Waals surface area contributed by atoms with Crippen LogP contribution in [-0.4, -0.2) is 12.6 Å². The van der Waals surface area contributed by atoms with Gasteiger partial charge in [-0.15, -0.1) is 0 Å². The van der Waals surface area contributed by atoms with Crippen molar-refractivity contribution in [3.63, 3.8) is 0 Å². The molecule has 1 aliphatic heterocycles. The number of benzene rings is 1. The van der Waals surface area contributed by atoms with Gasteiger partial charge in [0.2, 0.25) is 0 Å². The Hall–Kier alpha value is -1.50. The van der Waals surface area contributed by atoms with Gasteiger partial charge in [-0.3, -0.25) is 0 Å². The molecule has 3 aliphatic rings. The second kappa shape index (κ2) is 4.25. The molecule has 5 atom stereocenters. The number of hydrogen-bond acceptors (Lipinski definition) is 1. The third-order valence-electron chi connectivity index (χ3n) is 5.71. The predicted octanol–water partition coefficient (Wildman–Crippen LogP) is 4.30. The minimum Gasteiger partial charge on any atom is -0.367 e. The maximum absolute atomic E-state index is 2.66. The fraction of sp³-hybridized carbons (Fsp3) is 0.474. The zero-order valence-electron chi connectivity index (χ0n) is 12.6. The molecule has 0 bridgehead atoms. The van der Waals surface area contributed by atoms with Crippen LogP contribution in [0.4, 0.5) is 5.69 Å². The molecule has 0 aromatic heterocycles. The number of fused-ring (bicyclic) bond motifs is 5. The van der Waals surface area contributed by atoms with Crippen LogP contribution < -0.4 is 4.90 Å². The van der Waals surface area contributed by atoms with Gasteiger partial charge in [-0.25, -0.2) is 0 Å². The molecule has 20 heavy (non-hydrogen) atoms. The number of likely N-dealkylation sites (N-methyl/N-ethyl adjacent to an activating group) is 1. The van der Waals surface area contributed by atoms with Gasteiger partial charge >= 0.3 is 0 Å². The van der Waals surface area contributed by atoms with E-state index in [1.165, 1.54) is 11.3 Å². The number of allylic oxidation sites excluding steroid dienone is 3. The van der Waals surface area contributed by atoms with E-state index in [1.54, 1.807) is 5.56 Å². The average Bonchev–Trinajstić information content (AvgIpc) is 2.93. The second-order valence-corrected chi connectivity index (χ2v) is 6.65. The van der Waals surface area contributed by atoms with Gasteiger partial charge in [0, 0.05) is 30.1 Å². The summed E-state index contributed by atoms with van der Waals surface area (Å²) in [6, 6.07) is 7.71. The zero-order chi connectivity index (χ0) is 13.9. The summed E-state index contributed by atoms with van der Waals surface area (Å²) in [4.78, 5) is 2.66.